The molecule has 0 aromatic heterocycles. The molecular formula is C32H28Cl2N2O7. The van der Waals surface area contributed by atoms with Crippen LogP contribution in [0.5, 0.6) is 11.5 Å². The molecule has 3 atom stereocenters. The van der Waals surface area contributed by atoms with Crippen molar-refractivity contribution in [3.63, 3.8) is 0 Å². The number of rotatable bonds is 8. The molecule has 11 heteroatoms. The van der Waals surface area contributed by atoms with E-state index in [9.17, 15) is 24.0 Å². The number of Topliss-reactive ketones (excluding diaryl/α,β-unsaturated/α-hetero) is 1. The van der Waals surface area contributed by atoms with E-state index >= 15 is 0 Å². The number of benzene rings is 3. The number of carbonyl (C=O) groups excluding carboxylic acids is 5. The van der Waals surface area contributed by atoms with E-state index in [1.807, 2.05) is 6.92 Å². The highest BCUT2D eigenvalue weighted by Gasteiger charge is 2.52. The number of esters is 1. The lowest BCUT2D eigenvalue weighted by Gasteiger charge is -2.30. The van der Waals surface area contributed by atoms with Crippen LogP contribution in [0.1, 0.15) is 57.3 Å². The molecule has 3 aromatic rings. The van der Waals surface area contributed by atoms with Gasteiger partial charge in [-0.15, -0.1) is 0 Å². The van der Waals surface area contributed by atoms with Gasteiger partial charge in [-0.1, -0.05) is 36.2 Å². The number of fused-ring (bicyclic) bond motifs is 1. The number of nitrogens with zero attached hydrogens (tertiary/aromatic N) is 2. The summed E-state index contributed by atoms with van der Waals surface area (Å²) in [5, 5.41) is 2.06. The van der Waals surface area contributed by atoms with Gasteiger partial charge < -0.3 is 9.47 Å². The summed E-state index contributed by atoms with van der Waals surface area (Å²) in [6, 6.07) is 16.4. The zero-order valence-corrected chi connectivity index (χ0v) is 24.9. The molecule has 0 unspecified atom stereocenters. The number of hydrogen-bond acceptors (Lipinski definition) is 7. The Morgan fingerprint density at radius 1 is 0.837 bits per heavy atom. The fraction of sp³-hybridized carbons (Fsp3) is 0.281. The third-order valence-electron chi connectivity index (χ3n) is 7.79. The number of imide groups is 1. The van der Waals surface area contributed by atoms with E-state index in [0.717, 1.165) is 16.4 Å². The zero-order chi connectivity index (χ0) is 30.8. The van der Waals surface area contributed by atoms with E-state index in [0.29, 0.717) is 18.6 Å². The standard InChI is InChI=1S/C32H28Cl2N2O7/c1-18-6-12-24-25(14-18)31(40)36(30(24)39)35(29(38)20-9-13-26(33)27(34)16-20)17-28(37)19-7-10-22(11-8-19)43-32(41)21-4-3-5-23(15-21)42-2/h3-5,7-11,13,15-16,18,24-25H,6,12,14,17H2,1-2H3/t18-,24-,25+/m1/s1. The Balaban J connectivity index is 1.38. The minimum atomic E-state index is -0.746. The molecule has 3 aromatic carbocycles. The van der Waals surface area contributed by atoms with Gasteiger partial charge >= 0.3 is 5.97 Å². The summed E-state index contributed by atoms with van der Waals surface area (Å²) in [7, 11) is 1.49. The van der Waals surface area contributed by atoms with Gasteiger partial charge in [0.25, 0.3) is 17.7 Å². The molecule has 3 amide bonds. The van der Waals surface area contributed by atoms with Crippen molar-refractivity contribution in [1.29, 1.82) is 0 Å². The Morgan fingerprint density at radius 3 is 2.23 bits per heavy atom. The highest BCUT2D eigenvalue weighted by molar-refractivity contribution is 6.42. The topological polar surface area (TPSA) is 110 Å². The van der Waals surface area contributed by atoms with Crippen LogP contribution in [-0.4, -0.2) is 53.1 Å². The molecule has 0 spiro atoms. The summed E-state index contributed by atoms with van der Waals surface area (Å²) in [6.45, 7) is 1.44. The van der Waals surface area contributed by atoms with E-state index in [1.165, 1.54) is 55.6 Å². The second-order valence-corrected chi connectivity index (χ2v) is 11.5. The van der Waals surface area contributed by atoms with Crippen LogP contribution in [0.2, 0.25) is 10.0 Å². The second-order valence-electron chi connectivity index (χ2n) is 10.7. The highest BCUT2D eigenvalue weighted by atomic mass is 35.5. The molecule has 1 saturated carbocycles. The molecule has 1 heterocycles. The van der Waals surface area contributed by atoms with Crippen molar-refractivity contribution >= 4 is 52.7 Å². The minimum absolute atomic E-state index is 0.0610. The number of halogens is 2. The summed E-state index contributed by atoms with van der Waals surface area (Å²) in [4.78, 5) is 66.7. The van der Waals surface area contributed by atoms with E-state index in [-0.39, 0.29) is 38.4 Å². The predicted molar refractivity (Wildman–Crippen MR) is 158 cm³/mol. The SMILES string of the molecule is COc1cccc(C(=O)Oc2ccc(C(=O)CN(C(=O)c3ccc(Cl)c(Cl)c3)N3C(=O)[C@H]4C[C@H](C)CC[C@H]4C3=O)cc2)c1. The van der Waals surface area contributed by atoms with Gasteiger partial charge in [0.05, 0.1) is 34.6 Å². The predicted octanol–water partition coefficient (Wildman–Crippen LogP) is 5.88. The molecule has 0 N–H and O–H groups in total. The van der Waals surface area contributed by atoms with Gasteiger partial charge in [-0.25, -0.2) is 9.80 Å². The fourth-order valence-corrected chi connectivity index (χ4v) is 5.77. The number of amides is 3. The number of ether oxygens (including phenoxy) is 2. The molecule has 9 nitrogen and oxygen atoms in total. The maximum Gasteiger partial charge on any atom is 0.343 e. The van der Waals surface area contributed by atoms with E-state index in [2.05, 4.69) is 0 Å². The van der Waals surface area contributed by atoms with Crippen LogP contribution in [0.15, 0.2) is 66.7 Å². The van der Waals surface area contributed by atoms with Crippen molar-refractivity contribution < 1.29 is 33.4 Å². The highest BCUT2D eigenvalue weighted by Crippen LogP contribution is 2.41. The summed E-state index contributed by atoms with van der Waals surface area (Å²) in [5.74, 6) is -3.03. The third kappa shape index (κ3) is 6.28. The molecule has 1 aliphatic heterocycles. The molecular weight excluding hydrogens is 595 g/mol. The van der Waals surface area contributed by atoms with Crippen LogP contribution < -0.4 is 9.47 Å². The van der Waals surface area contributed by atoms with Crippen LogP contribution in [0.3, 0.4) is 0 Å². The van der Waals surface area contributed by atoms with Crippen molar-refractivity contribution in [3.8, 4) is 11.5 Å². The van der Waals surface area contributed by atoms with E-state index < -0.39 is 47.9 Å². The normalized spacial score (nSPS) is 19.5. The van der Waals surface area contributed by atoms with Gasteiger partial charge in [0.1, 0.15) is 18.0 Å². The van der Waals surface area contributed by atoms with Crippen LogP contribution >= 0.6 is 23.2 Å². The lowest BCUT2D eigenvalue weighted by molar-refractivity contribution is -0.154. The van der Waals surface area contributed by atoms with Gasteiger partial charge in [0.2, 0.25) is 0 Å². The monoisotopic (exact) mass is 622 g/mol. The second kappa shape index (κ2) is 12.6. The first kappa shape index (κ1) is 30.3. The Labute approximate surface area is 258 Å². The molecule has 0 radical (unpaired) electrons. The van der Waals surface area contributed by atoms with Gasteiger partial charge in [-0.3, -0.25) is 19.2 Å². The molecule has 1 aliphatic carbocycles. The maximum absolute atomic E-state index is 13.7. The first-order valence-corrected chi connectivity index (χ1v) is 14.5. The van der Waals surface area contributed by atoms with Crippen LogP contribution in [0.4, 0.5) is 0 Å². The molecule has 5 rings (SSSR count). The van der Waals surface area contributed by atoms with Crippen LogP contribution in [-0.2, 0) is 9.59 Å². The number of hydrazine groups is 1. The van der Waals surface area contributed by atoms with Crippen molar-refractivity contribution in [2.45, 2.75) is 26.2 Å². The van der Waals surface area contributed by atoms with Crippen molar-refractivity contribution in [3.05, 3.63) is 93.5 Å². The average Bonchev–Trinajstić information content (AvgIpc) is 3.25. The number of ketones is 1. The van der Waals surface area contributed by atoms with Crippen molar-refractivity contribution in [2.24, 2.45) is 17.8 Å². The molecule has 2 fully saturated rings. The lowest BCUT2D eigenvalue weighted by Crippen LogP contribution is -2.52. The lowest BCUT2D eigenvalue weighted by atomic mass is 9.76. The number of hydrogen-bond donors (Lipinski definition) is 0. The minimum Gasteiger partial charge on any atom is -0.497 e. The van der Waals surface area contributed by atoms with Crippen molar-refractivity contribution in [1.82, 2.24) is 10.0 Å². The number of methoxy groups -OCH3 is 1. The Hall–Kier alpha value is -4.21. The average molecular weight is 623 g/mol. The van der Waals surface area contributed by atoms with E-state index in [1.54, 1.807) is 18.2 Å². The van der Waals surface area contributed by atoms with Gasteiger partial charge in [0, 0.05) is 11.1 Å². The Bertz CT molecular complexity index is 1610. The smallest absolute Gasteiger partial charge is 0.343 e. The molecule has 43 heavy (non-hydrogen) atoms. The summed E-state index contributed by atoms with van der Waals surface area (Å²) < 4.78 is 10.5. The zero-order valence-electron chi connectivity index (χ0n) is 23.4. The fourth-order valence-electron chi connectivity index (χ4n) is 5.47. The van der Waals surface area contributed by atoms with E-state index in [4.69, 9.17) is 32.7 Å². The Kier molecular flexibility index (Phi) is 8.84. The third-order valence-corrected chi connectivity index (χ3v) is 8.53. The maximum atomic E-state index is 13.7. The van der Waals surface area contributed by atoms with Gasteiger partial charge in [0.15, 0.2) is 5.78 Å². The molecule has 2 aliphatic rings. The van der Waals surface area contributed by atoms with Crippen LogP contribution in [0.25, 0.3) is 0 Å². The molecule has 0 bridgehead atoms. The van der Waals surface area contributed by atoms with Crippen LogP contribution in [0, 0.1) is 17.8 Å². The van der Waals surface area contributed by atoms with Crippen molar-refractivity contribution in [2.75, 3.05) is 13.7 Å². The summed E-state index contributed by atoms with van der Waals surface area (Å²) in [5.41, 5.74) is 0.523. The number of carbonyl (C=O) groups is 5. The first-order valence-electron chi connectivity index (χ1n) is 13.7. The molecule has 222 valence electrons. The Morgan fingerprint density at radius 2 is 1.53 bits per heavy atom. The summed E-state index contributed by atoms with van der Waals surface area (Å²) in [6.07, 6.45) is 1.86. The largest absolute Gasteiger partial charge is 0.497 e. The first-order chi connectivity index (χ1) is 20.6. The van der Waals surface area contributed by atoms with Gasteiger partial charge in [-0.2, -0.15) is 5.01 Å². The molecule has 1 saturated heterocycles. The van der Waals surface area contributed by atoms with Gasteiger partial charge in [-0.05, 0) is 85.8 Å². The summed E-state index contributed by atoms with van der Waals surface area (Å²) >= 11 is 12.2. The quantitative estimate of drug-likeness (QED) is 0.133.